The molecule has 0 aliphatic carbocycles. The van der Waals surface area contributed by atoms with Gasteiger partial charge in [-0.2, -0.15) is 13.2 Å². The number of carbonyl (C=O) groups excluding carboxylic acids is 1. The molecule has 0 saturated heterocycles. The van der Waals surface area contributed by atoms with Crippen molar-refractivity contribution in [3.8, 4) is 17.4 Å². The van der Waals surface area contributed by atoms with Gasteiger partial charge >= 0.3 is 6.18 Å². The third-order valence-corrected chi connectivity index (χ3v) is 3.17. The molecule has 1 aromatic heterocycles. The fourth-order valence-electron chi connectivity index (χ4n) is 1.93. The molecule has 0 atom stereocenters. The first-order valence-corrected chi connectivity index (χ1v) is 7.60. The van der Waals surface area contributed by atoms with Crippen LogP contribution < -0.4 is 14.8 Å². The number of methoxy groups -OCH3 is 1. The average molecular weight is 370 g/mol. The van der Waals surface area contributed by atoms with E-state index in [-0.39, 0.29) is 29.8 Å². The van der Waals surface area contributed by atoms with Crippen molar-refractivity contribution >= 4 is 5.91 Å². The van der Waals surface area contributed by atoms with E-state index < -0.39 is 17.6 Å². The van der Waals surface area contributed by atoms with Gasteiger partial charge in [0.25, 0.3) is 5.91 Å². The Morgan fingerprint density at radius 3 is 2.62 bits per heavy atom. The Balaban J connectivity index is 2.24. The van der Waals surface area contributed by atoms with Gasteiger partial charge in [0, 0.05) is 18.7 Å². The quantitative estimate of drug-likeness (QED) is 0.595. The minimum atomic E-state index is -4.49. The van der Waals surface area contributed by atoms with Crippen molar-refractivity contribution in [2.45, 2.75) is 13.1 Å². The number of rotatable bonds is 7. The van der Waals surface area contributed by atoms with Gasteiger partial charge in [-0.1, -0.05) is 6.07 Å². The number of nitrogens with one attached hydrogen (secondary N) is 1. The summed E-state index contributed by atoms with van der Waals surface area (Å²) in [7, 11) is 1.38. The first-order valence-electron chi connectivity index (χ1n) is 7.60. The number of aromatic nitrogens is 1. The maximum atomic E-state index is 12.8. The minimum Gasteiger partial charge on any atom is -0.496 e. The maximum Gasteiger partial charge on any atom is 0.416 e. The van der Waals surface area contributed by atoms with Gasteiger partial charge in [-0.15, -0.1) is 0 Å². The van der Waals surface area contributed by atoms with Crippen molar-refractivity contribution in [2.75, 3.05) is 20.4 Å². The van der Waals surface area contributed by atoms with Crippen LogP contribution >= 0.6 is 0 Å². The van der Waals surface area contributed by atoms with E-state index >= 15 is 0 Å². The number of benzene rings is 1. The molecule has 140 valence electrons. The number of carbonyl (C=O) groups is 1. The monoisotopic (exact) mass is 370 g/mol. The summed E-state index contributed by atoms with van der Waals surface area (Å²) in [4.78, 5) is 16.1. The maximum absolute atomic E-state index is 12.8. The van der Waals surface area contributed by atoms with E-state index in [9.17, 15) is 18.0 Å². The van der Waals surface area contributed by atoms with Crippen LogP contribution in [0.1, 0.15) is 23.0 Å². The predicted molar refractivity (Wildman–Crippen MR) is 86.3 cm³/mol. The van der Waals surface area contributed by atoms with E-state index in [1.807, 2.05) is 0 Å². The average Bonchev–Trinajstić information content (AvgIpc) is 2.61. The molecule has 1 aromatic carbocycles. The van der Waals surface area contributed by atoms with Crippen LogP contribution in [-0.4, -0.2) is 31.3 Å². The summed E-state index contributed by atoms with van der Waals surface area (Å²) in [5.74, 6) is -0.415. The number of hydrogen-bond acceptors (Lipinski definition) is 5. The van der Waals surface area contributed by atoms with Crippen LogP contribution in [0, 0.1) is 0 Å². The molecule has 26 heavy (non-hydrogen) atoms. The Morgan fingerprint density at radius 2 is 1.96 bits per heavy atom. The molecule has 1 N–H and O–H groups in total. The molecule has 9 heteroatoms. The van der Waals surface area contributed by atoms with Crippen molar-refractivity contribution in [3.63, 3.8) is 0 Å². The van der Waals surface area contributed by atoms with Crippen molar-refractivity contribution < 1.29 is 32.2 Å². The molecule has 0 spiro atoms. The highest BCUT2D eigenvalue weighted by Crippen LogP contribution is 2.33. The Labute approximate surface area is 147 Å². The van der Waals surface area contributed by atoms with Crippen molar-refractivity contribution in [3.05, 3.63) is 47.7 Å². The van der Waals surface area contributed by atoms with Gasteiger partial charge in [0.2, 0.25) is 5.88 Å². The van der Waals surface area contributed by atoms with Crippen molar-refractivity contribution in [1.29, 1.82) is 0 Å². The number of amides is 1. The fourth-order valence-corrected chi connectivity index (χ4v) is 1.93. The number of nitrogens with zero attached hydrogens (tertiary/aromatic N) is 1. The van der Waals surface area contributed by atoms with E-state index in [0.717, 1.165) is 12.1 Å². The lowest BCUT2D eigenvalue weighted by Crippen LogP contribution is -2.27. The van der Waals surface area contributed by atoms with Gasteiger partial charge in [-0.25, -0.2) is 4.98 Å². The lowest BCUT2D eigenvalue weighted by molar-refractivity contribution is -0.137. The molecule has 0 unspecified atom stereocenters. The molecule has 0 fully saturated rings. The fraction of sp³-hybridized carbons (Fsp3) is 0.294. The Kier molecular flexibility index (Phi) is 6.40. The van der Waals surface area contributed by atoms with E-state index in [1.54, 1.807) is 6.92 Å². The second-order valence-electron chi connectivity index (χ2n) is 5.00. The Bertz CT molecular complexity index is 766. The number of hydrogen-bond donors (Lipinski definition) is 1. The molecule has 1 amide bonds. The zero-order valence-corrected chi connectivity index (χ0v) is 14.1. The number of halogens is 3. The predicted octanol–water partition coefficient (Wildman–Crippen LogP) is 3.63. The van der Waals surface area contributed by atoms with Crippen LogP contribution in [0.3, 0.4) is 0 Å². The number of ether oxygens (including phenoxy) is 3. The highest BCUT2D eigenvalue weighted by Gasteiger charge is 2.30. The summed E-state index contributed by atoms with van der Waals surface area (Å²) < 4.78 is 53.8. The highest BCUT2D eigenvalue weighted by molar-refractivity contribution is 5.92. The van der Waals surface area contributed by atoms with Gasteiger partial charge in [-0.3, -0.25) is 4.79 Å². The summed E-state index contributed by atoms with van der Waals surface area (Å²) >= 11 is 0. The molecule has 1 heterocycles. The molecule has 0 saturated carbocycles. The van der Waals surface area contributed by atoms with Crippen molar-refractivity contribution in [2.24, 2.45) is 0 Å². The zero-order chi connectivity index (χ0) is 19.2. The molecule has 0 radical (unpaired) electrons. The highest BCUT2D eigenvalue weighted by atomic mass is 19.4. The largest absolute Gasteiger partial charge is 0.496 e. The molecule has 0 aliphatic rings. The van der Waals surface area contributed by atoms with Crippen LogP contribution in [0.25, 0.3) is 0 Å². The Morgan fingerprint density at radius 1 is 1.19 bits per heavy atom. The topological polar surface area (TPSA) is 69.7 Å². The lowest BCUT2D eigenvalue weighted by Gasteiger charge is -2.11. The summed E-state index contributed by atoms with van der Waals surface area (Å²) in [6.45, 7) is 2.20. The van der Waals surface area contributed by atoms with Crippen LogP contribution in [0.15, 0.2) is 36.4 Å². The SMILES string of the molecule is CCOCNC(=O)c1cc(OC)cc(Oc2cccc(C(F)(F)F)c2)n1. The smallest absolute Gasteiger partial charge is 0.416 e. The lowest BCUT2D eigenvalue weighted by atomic mass is 10.2. The number of pyridine rings is 1. The van der Waals surface area contributed by atoms with E-state index in [0.29, 0.717) is 6.61 Å². The first-order chi connectivity index (χ1) is 12.3. The van der Waals surface area contributed by atoms with Crippen LogP contribution in [0.2, 0.25) is 0 Å². The third-order valence-electron chi connectivity index (χ3n) is 3.17. The molecule has 2 rings (SSSR count). The van der Waals surface area contributed by atoms with Gasteiger partial charge < -0.3 is 19.5 Å². The van der Waals surface area contributed by atoms with Gasteiger partial charge in [-0.05, 0) is 25.1 Å². The van der Waals surface area contributed by atoms with Gasteiger partial charge in [0.1, 0.15) is 23.9 Å². The summed E-state index contributed by atoms with van der Waals surface area (Å²) in [6, 6.07) is 7.08. The first kappa shape index (κ1) is 19.5. The van der Waals surface area contributed by atoms with Gasteiger partial charge in [0.15, 0.2) is 0 Å². The van der Waals surface area contributed by atoms with Gasteiger partial charge in [0.05, 0.1) is 12.7 Å². The molecule has 0 aliphatic heterocycles. The molecule has 2 aromatic rings. The third kappa shape index (κ3) is 5.35. The minimum absolute atomic E-state index is 0.00194. The molecule has 0 bridgehead atoms. The summed E-state index contributed by atoms with van der Waals surface area (Å²) in [6.07, 6.45) is -4.49. The van der Waals surface area contributed by atoms with Crippen LogP contribution in [0.4, 0.5) is 13.2 Å². The summed E-state index contributed by atoms with van der Waals surface area (Å²) in [5, 5.41) is 2.49. The molecular formula is C17H17F3N2O4. The van der Waals surface area contributed by atoms with E-state index in [2.05, 4.69) is 10.3 Å². The number of alkyl halides is 3. The standard InChI is InChI=1S/C17H17F3N2O4/c1-3-25-10-21-16(23)14-8-13(24-2)9-15(22-14)26-12-6-4-5-11(7-12)17(18,19)20/h4-9H,3,10H2,1-2H3,(H,21,23). The summed E-state index contributed by atoms with van der Waals surface area (Å²) in [5.41, 5.74) is -0.876. The Hall–Kier alpha value is -2.81. The second-order valence-corrected chi connectivity index (χ2v) is 5.00. The van der Waals surface area contributed by atoms with Crippen LogP contribution in [0.5, 0.6) is 17.4 Å². The molecule has 6 nitrogen and oxygen atoms in total. The zero-order valence-electron chi connectivity index (χ0n) is 14.1. The second kappa shape index (κ2) is 8.52. The normalized spacial score (nSPS) is 11.1. The van der Waals surface area contributed by atoms with Crippen molar-refractivity contribution in [1.82, 2.24) is 10.3 Å². The molecular weight excluding hydrogens is 353 g/mol. The van der Waals surface area contributed by atoms with E-state index in [1.165, 1.54) is 31.4 Å². The van der Waals surface area contributed by atoms with E-state index in [4.69, 9.17) is 14.2 Å². The van der Waals surface area contributed by atoms with Crippen LogP contribution in [-0.2, 0) is 10.9 Å².